The van der Waals surface area contributed by atoms with Crippen LogP contribution < -0.4 is 5.32 Å². The molecule has 90 valence electrons. The molecule has 0 atom stereocenters. The summed E-state index contributed by atoms with van der Waals surface area (Å²) < 4.78 is 1.88. The van der Waals surface area contributed by atoms with Crippen LogP contribution in [0, 0.1) is 5.92 Å². The molecule has 0 spiro atoms. The number of hydrogen-bond acceptors (Lipinski definition) is 4. The number of nitrogens with zero attached hydrogens (tertiary/aromatic N) is 4. The minimum atomic E-state index is 0.805. The topological polar surface area (TPSA) is 55.1 Å². The van der Waals surface area contributed by atoms with Crippen LogP contribution in [-0.2, 0) is 0 Å². The van der Waals surface area contributed by atoms with E-state index in [2.05, 4.69) is 20.5 Å². The van der Waals surface area contributed by atoms with E-state index < -0.39 is 0 Å². The molecule has 0 bridgehead atoms. The minimum absolute atomic E-state index is 0.805. The average Bonchev–Trinajstić information content (AvgIpc) is 2.99. The first-order chi connectivity index (χ1) is 8.43. The van der Waals surface area contributed by atoms with Gasteiger partial charge in [0.25, 0.3) is 0 Å². The molecule has 1 saturated carbocycles. The van der Waals surface area contributed by atoms with Crippen molar-refractivity contribution in [1.29, 1.82) is 0 Å². The normalized spacial score (nSPS) is 16.7. The lowest BCUT2D eigenvalue weighted by molar-refractivity contribution is 0.518. The molecule has 3 rings (SSSR count). The zero-order chi connectivity index (χ0) is 11.5. The highest BCUT2D eigenvalue weighted by atomic mass is 15.2. The summed E-state index contributed by atoms with van der Waals surface area (Å²) in [4.78, 5) is 4.31. The summed E-state index contributed by atoms with van der Waals surface area (Å²) in [6.45, 7) is 0.976. The maximum Gasteiger partial charge on any atom is 0.203 e. The number of rotatable bonds is 4. The minimum Gasteiger partial charge on any atom is -0.367 e. The van der Waals surface area contributed by atoms with Gasteiger partial charge in [0, 0.05) is 18.9 Å². The molecule has 5 nitrogen and oxygen atoms in total. The molecular weight excluding hydrogens is 214 g/mol. The first-order valence-electron chi connectivity index (χ1n) is 6.32. The Morgan fingerprint density at radius 2 is 2.24 bits per heavy atom. The van der Waals surface area contributed by atoms with E-state index in [1.165, 1.54) is 32.1 Å². The lowest BCUT2D eigenvalue weighted by Gasteiger charge is -2.10. The summed E-state index contributed by atoms with van der Waals surface area (Å²) in [5.41, 5.74) is 0.805. The molecule has 0 amide bonds. The van der Waals surface area contributed by atoms with Crippen molar-refractivity contribution in [3.63, 3.8) is 0 Å². The average molecular weight is 231 g/mol. The zero-order valence-corrected chi connectivity index (χ0v) is 9.84. The quantitative estimate of drug-likeness (QED) is 0.875. The fourth-order valence-corrected chi connectivity index (χ4v) is 2.58. The Kier molecular flexibility index (Phi) is 2.90. The molecule has 2 aromatic heterocycles. The molecule has 0 unspecified atom stereocenters. The Morgan fingerprint density at radius 3 is 3.12 bits per heavy atom. The van der Waals surface area contributed by atoms with E-state index in [-0.39, 0.29) is 0 Å². The van der Waals surface area contributed by atoms with E-state index in [4.69, 9.17) is 0 Å². The third kappa shape index (κ3) is 2.23. The van der Waals surface area contributed by atoms with E-state index in [1.54, 1.807) is 12.5 Å². The molecule has 1 fully saturated rings. The van der Waals surface area contributed by atoms with Gasteiger partial charge in [0.1, 0.15) is 6.33 Å². The maximum absolute atomic E-state index is 4.31. The van der Waals surface area contributed by atoms with E-state index in [1.807, 2.05) is 10.6 Å². The molecule has 2 heterocycles. The number of anilines is 1. The van der Waals surface area contributed by atoms with Crippen LogP contribution in [0.1, 0.15) is 32.1 Å². The largest absolute Gasteiger partial charge is 0.367 e. The van der Waals surface area contributed by atoms with Crippen molar-refractivity contribution in [2.45, 2.75) is 32.1 Å². The van der Waals surface area contributed by atoms with Gasteiger partial charge in [-0.05, 0) is 12.3 Å². The number of hydrogen-bond donors (Lipinski definition) is 1. The van der Waals surface area contributed by atoms with E-state index in [9.17, 15) is 0 Å². The molecule has 1 aliphatic carbocycles. The van der Waals surface area contributed by atoms with Crippen LogP contribution in [0.15, 0.2) is 18.7 Å². The van der Waals surface area contributed by atoms with Crippen molar-refractivity contribution in [2.24, 2.45) is 5.92 Å². The van der Waals surface area contributed by atoms with E-state index in [0.717, 1.165) is 23.9 Å². The van der Waals surface area contributed by atoms with Crippen LogP contribution in [0.5, 0.6) is 0 Å². The van der Waals surface area contributed by atoms with Gasteiger partial charge in [-0.15, -0.1) is 10.2 Å². The van der Waals surface area contributed by atoms with Crippen LogP contribution in [0.25, 0.3) is 5.65 Å². The van der Waals surface area contributed by atoms with Crippen molar-refractivity contribution >= 4 is 11.5 Å². The second-order valence-corrected chi connectivity index (χ2v) is 4.70. The Balaban J connectivity index is 1.62. The maximum atomic E-state index is 4.31. The van der Waals surface area contributed by atoms with Gasteiger partial charge in [-0.25, -0.2) is 4.98 Å². The Labute approximate surface area is 100 Å². The van der Waals surface area contributed by atoms with Crippen molar-refractivity contribution in [3.05, 3.63) is 18.7 Å². The van der Waals surface area contributed by atoms with Crippen molar-refractivity contribution in [3.8, 4) is 0 Å². The second-order valence-electron chi connectivity index (χ2n) is 4.70. The Bertz CT molecular complexity index is 486. The van der Waals surface area contributed by atoms with Crippen molar-refractivity contribution in [2.75, 3.05) is 11.9 Å². The van der Waals surface area contributed by atoms with Crippen LogP contribution in [0.2, 0.25) is 0 Å². The van der Waals surface area contributed by atoms with E-state index >= 15 is 0 Å². The predicted octanol–water partition coefficient (Wildman–Crippen LogP) is 2.12. The van der Waals surface area contributed by atoms with Crippen molar-refractivity contribution in [1.82, 2.24) is 19.6 Å². The first-order valence-corrected chi connectivity index (χ1v) is 6.32. The SMILES string of the molecule is c1cn2cnnc2c(NCCC2CCCC2)n1. The van der Waals surface area contributed by atoms with Gasteiger partial charge in [-0.3, -0.25) is 4.40 Å². The molecule has 0 aromatic carbocycles. The van der Waals surface area contributed by atoms with Crippen LogP contribution >= 0.6 is 0 Å². The number of fused-ring (bicyclic) bond motifs is 1. The van der Waals surface area contributed by atoms with E-state index in [0.29, 0.717) is 0 Å². The molecule has 1 aliphatic rings. The predicted molar refractivity (Wildman–Crippen MR) is 65.8 cm³/mol. The van der Waals surface area contributed by atoms with Gasteiger partial charge >= 0.3 is 0 Å². The summed E-state index contributed by atoms with van der Waals surface area (Å²) >= 11 is 0. The van der Waals surface area contributed by atoms with Gasteiger partial charge in [0.2, 0.25) is 5.65 Å². The summed E-state index contributed by atoms with van der Waals surface area (Å²) in [5, 5.41) is 11.3. The molecule has 0 radical (unpaired) electrons. The number of nitrogens with one attached hydrogen (secondary N) is 1. The summed E-state index contributed by atoms with van der Waals surface area (Å²) in [6, 6.07) is 0. The third-order valence-electron chi connectivity index (χ3n) is 3.54. The standard InChI is InChI=1S/C12H17N5/c1-2-4-10(3-1)5-6-13-11-12-16-15-9-17(12)8-7-14-11/h7-10H,1-6H2,(H,13,14). The smallest absolute Gasteiger partial charge is 0.203 e. The summed E-state index contributed by atoms with van der Waals surface area (Å²) in [5.74, 6) is 1.74. The highest BCUT2D eigenvalue weighted by molar-refractivity contribution is 5.61. The van der Waals surface area contributed by atoms with Gasteiger partial charge in [-0.1, -0.05) is 25.7 Å². The lowest BCUT2D eigenvalue weighted by atomic mass is 10.0. The van der Waals surface area contributed by atoms with Crippen LogP contribution in [0.3, 0.4) is 0 Å². The molecular formula is C12H17N5. The highest BCUT2D eigenvalue weighted by Crippen LogP contribution is 2.27. The van der Waals surface area contributed by atoms with Crippen LogP contribution in [-0.4, -0.2) is 26.1 Å². The highest BCUT2D eigenvalue weighted by Gasteiger charge is 2.14. The monoisotopic (exact) mass is 231 g/mol. The molecule has 5 heteroatoms. The summed E-state index contributed by atoms with van der Waals surface area (Å²) in [7, 11) is 0. The van der Waals surface area contributed by atoms with Gasteiger partial charge < -0.3 is 5.32 Å². The van der Waals surface area contributed by atoms with Crippen molar-refractivity contribution < 1.29 is 0 Å². The zero-order valence-electron chi connectivity index (χ0n) is 9.84. The Morgan fingerprint density at radius 1 is 1.35 bits per heavy atom. The van der Waals surface area contributed by atoms with Gasteiger partial charge in [0.05, 0.1) is 0 Å². The lowest BCUT2D eigenvalue weighted by Crippen LogP contribution is -2.08. The fourth-order valence-electron chi connectivity index (χ4n) is 2.58. The third-order valence-corrected chi connectivity index (χ3v) is 3.54. The fraction of sp³-hybridized carbons (Fsp3) is 0.583. The summed E-state index contributed by atoms with van der Waals surface area (Å²) in [6.07, 6.45) is 12.2. The second kappa shape index (κ2) is 4.69. The molecule has 2 aromatic rings. The van der Waals surface area contributed by atoms with Crippen LogP contribution in [0.4, 0.5) is 5.82 Å². The number of aromatic nitrogens is 4. The molecule has 0 aliphatic heterocycles. The Hall–Kier alpha value is -1.65. The van der Waals surface area contributed by atoms with Gasteiger partial charge in [-0.2, -0.15) is 0 Å². The molecule has 1 N–H and O–H groups in total. The van der Waals surface area contributed by atoms with Gasteiger partial charge in [0.15, 0.2) is 5.82 Å². The molecule has 0 saturated heterocycles. The first kappa shape index (κ1) is 10.5. The molecule has 17 heavy (non-hydrogen) atoms.